The van der Waals surface area contributed by atoms with Gasteiger partial charge in [0.15, 0.2) is 0 Å². The molecular weight excluding hydrogens is 1520 g/mol. The monoisotopic (exact) mass is 1640 g/mol. The van der Waals surface area contributed by atoms with Crippen molar-refractivity contribution in [3.63, 3.8) is 0 Å². The van der Waals surface area contributed by atoms with Crippen LogP contribution in [0.3, 0.4) is 0 Å². The molecule has 113 heavy (non-hydrogen) atoms. The van der Waals surface area contributed by atoms with Crippen LogP contribution in [0.15, 0.2) is 0 Å². The molecule has 0 heterocycles. The summed E-state index contributed by atoms with van der Waals surface area (Å²) in [6, 6.07) is 0. The molecule has 42 heteroatoms. The normalized spacial score (nSPS) is 17.0. The van der Waals surface area contributed by atoms with Gasteiger partial charge in [-0.2, -0.15) is 0 Å². The Bertz CT molecular complexity index is 3170. The molecule has 0 aromatic rings. The SMILES string of the molecule is CCC(COC(=O)C(C)(CO)COC(=O)C(C)(CO)COC(=O)C(C)(CO)CO)(COC(=O)C(C)(COC(=O)C(C)(CO)CO)COC(=O)C(C)(CO)COC(=O)C(C)(CO)CO)COC(=O)C(C)(COC(=O)C(C)(CO)COC(=O)C(C)(CO)CO)COC(=O)C(C)(CO)COC(=O)C(C)(CO)COC(=O)C(C)(CO)CO. The zero-order chi connectivity index (χ0) is 87.9. The van der Waals surface area contributed by atoms with Gasteiger partial charge in [0.25, 0.3) is 0 Å². The van der Waals surface area contributed by atoms with Crippen LogP contribution < -0.4 is 0 Å². The van der Waals surface area contributed by atoms with Gasteiger partial charge in [-0.3, -0.25) is 62.3 Å². The molecule has 0 fully saturated rings. The molecule has 0 aromatic carbocycles. The van der Waals surface area contributed by atoms with E-state index in [1.807, 2.05) is 0 Å². The Morgan fingerprint density at radius 2 is 0.248 bits per heavy atom. The summed E-state index contributed by atoms with van der Waals surface area (Å²) in [5, 5.41) is 161. The first-order valence-electron chi connectivity index (χ1n) is 35.2. The summed E-state index contributed by atoms with van der Waals surface area (Å²) in [6.07, 6.45) is -0.480. The summed E-state index contributed by atoms with van der Waals surface area (Å²) < 4.78 is 70.4. The Balaban J connectivity index is 8.41. The van der Waals surface area contributed by atoms with Gasteiger partial charge in [-0.1, -0.05) is 6.92 Å². The number of aliphatic hydroxyl groups excluding tert-OH is 16. The van der Waals surface area contributed by atoms with Crippen molar-refractivity contribution in [1.29, 1.82) is 0 Å². The highest BCUT2D eigenvalue weighted by molar-refractivity contribution is 5.85. The highest BCUT2D eigenvalue weighted by Crippen LogP contribution is 2.36. The zero-order valence-corrected chi connectivity index (χ0v) is 66.5. The molecule has 0 bridgehead atoms. The van der Waals surface area contributed by atoms with Crippen LogP contribution in [-0.4, -0.2) is 351 Å². The van der Waals surface area contributed by atoms with E-state index in [1.165, 1.54) is 6.92 Å². The molecule has 0 aliphatic rings. The summed E-state index contributed by atoms with van der Waals surface area (Å²) in [5.74, 6) is -17.9. The van der Waals surface area contributed by atoms with Crippen LogP contribution >= 0.6 is 0 Å². The lowest BCUT2D eigenvalue weighted by Crippen LogP contribution is -2.49. The number of esters is 13. The maximum absolute atomic E-state index is 15.1. The topological polar surface area (TPSA) is 666 Å². The highest BCUT2D eigenvalue weighted by Gasteiger charge is 2.52. The Morgan fingerprint density at radius 1 is 0.159 bits per heavy atom. The molecule has 9 unspecified atom stereocenters. The van der Waals surface area contributed by atoms with E-state index < -0.39 is 351 Å². The fourth-order valence-corrected chi connectivity index (χ4v) is 7.83. The molecule has 0 radical (unpaired) electrons. The molecule has 0 saturated heterocycles. The minimum Gasteiger partial charge on any atom is -0.464 e. The van der Waals surface area contributed by atoms with Gasteiger partial charge in [-0.25, -0.2) is 0 Å². The number of carbonyl (C=O) groups excluding carboxylic acids is 13. The molecular formula is C71H118O42. The second kappa shape index (κ2) is 44.5. The van der Waals surface area contributed by atoms with Crippen molar-refractivity contribution < 1.29 is 206 Å². The van der Waals surface area contributed by atoms with Gasteiger partial charge in [-0.15, -0.1) is 0 Å². The number of carbonyl (C=O) groups is 13. The van der Waals surface area contributed by atoms with Crippen molar-refractivity contribution in [2.45, 2.75) is 103 Å². The summed E-state index contributed by atoms with van der Waals surface area (Å²) in [5.41, 5.74) is -30.2. The van der Waals surface area contributed by atoms with Crippen molar-refractivity contribution in [3.05, 3.63) is 0 Å². The number of rotatable bonds is 56. The van der Waals surface area contributed by atoms with Crippen LogP contribution in [0.25, 0.3) is 0 Å². The van der Waals surface area contributed by atoms with Crippen LogP contribution in [0.1, 0.15) is 103 Å². The van der Waals surface area contributed by atoms with E-state index in [9.17, 15) is 139 Å². The Hall–Kier alpha value is -7.53. The maximum Gasteiger partial charge on any atom is 0.318 e. The van der Waals surface area contributed by atoms with E-state index in [1.54, 1.807) is 0 Å². The maximum atomic E-state index is 15.1. The second-order valence-electron chi connectivity index (χ2n) is 32.2. The molecule has 42 nitrogen and oxygen atoms in total. The van der Waals surface area contributed by atoms with Crippen molar-refractivity contribution in [1.82, 2.24) is 0 Å². The molecule has 0 saturated carbocycles. The Morgan fingerprint density at radius 3 is 0.354 bits per heavy atom. The Labute approximate surface area is 652 Å². The Kier molecular flexibility index (Phi) is 41.6. The van der Waals surface area contributed by atoms with E-state index in [2.05, 4.69) is 0 Å². The van der Waals surface area contributed by atoms with Gasteiger partial charge in [-0.05, 0) is 96.4 Å². The molecule has 9 atom stereocenters. The van der Waals surface area contributed by atoms with Gasteiger partial charge in [0.2, 0.25) is 0 Å². The summed E-state index contributed by atoms with van der Waals surface area (Å²) >= 11 is 0. The lowest BCUT2D eigenvalue weighted by molar-refractivity contribution is -0.186. The van der Waals surface area contributed by atoms with Crippen molar-refractivity contribution in [2.24, 2.45) is 75.8 Å². The van der Waals surface area contributed by atoms with Crippen LogP contribution in [0.5, 0.6) is 0 Å². The first kappa shape index (κ1) is 105. The lowest BCUT2D eigenvalue weighted by atomic mass is 9.86. The molecule has 0 aliphatic heterocycles. The molecule has 0 aromatic heterocycles. The molecule has 0 rings (SSSR count). The zero-order valence-electron chi connectivity index (χ0n) is 66.5. The average molecular weight is 1640 g/mol. The van der Waals surface area contributed by atoms with E-state index >= 15 is 4.79 Å². The van der Waals surface area contributed by atoms with Crippen LogP contribution in [0.2, 0.25) is 0 Å². The van der Waals surface area contributed by atoms with Crippen LogP contribution in [0.4, 0.5) is 0 Å². The molecule has 0 spiro atoms. The third kappa shape index (κ3) is 27.6. The predicted molar refractivity (Wildman–Crippen MR) is 374 cm³/mol. The van der Waals surface area contributed by atoms with E-state index in [4.69, 9.17) is 61.6 Å². The average Bonchev–Trinajstić information content (AvgIpc) is 0.812. The van der Waals surface area contributed by atoms with E-state index in [0.29, 0.717) is 0 Å². The molecule has 654 valence electrons. The quantitative estimate of drug-likeness (QED) is 0.0199. The fraction of sp³-hybridized carbons (Fsp3) is 0.817. The second-order valence-corrected chi connectivity index (χ2v) is 32.2. The van der Waals surface area contributed by atoms with Crippen LogP contribution in [0, 0.1) is 75.8 Å². The minimum absolute atomic E-state index is 0.480. The predicted octanol–water partition coefficient (Wildman–Crippen LogP) is -6.60. The van der Waals surface area contributed by atoms with Crippen molar-refractivity contribution in [3.8, 4) is 0 Å². The third-order valence-corrected chi connectivity index (χ3v) is 19.5. The van der Waals surface area contributed by atoms with E-state index in [0.717, 1.165) is 90.0 Å². The summed E-state index contributed by atoms with van der Waals surface area (Å²) in [4.78, 5) is 178. The number of aliphatic hydroxyl groups is 16. The summed E-state index contributed by atoms with van der Waals surface area (Å²) in [6.45, 7) is -16.2. The van der Waals surface area contributed by atoms with Gasteiger partial charge in [0, 0.05) is 0 Å². The molecule has 0 aliphatic carbocycles. The number of hydrogen-bond acceptors (Lipinski definition) is 42. The highest BCUT2D eigenvalue weighted by atomic mass is 16.6. The van der Waals surface area contributed by atoms with Crippen molar-refractivity contribution >= 4 is 77.6 Å². The third-order valence-electron chi connectivity index (χ3n) is 19.5. The first-order chi connectivity index (χ1) is 52.2. The first-order valence-corrected chi connectivity index (χ1v) is 35.2. The fourth-order valence-electron chi connectivity index (χ4n) is 7.83. The smallest absolute Gasteiger partial charge is 0.318 e. The molecule has 0 amide bonds. The minimum atomic E-state index is -2.58. The van der Waals surface area contributed by atoms with Gasteiger partial charge in [0.1, 0.15) is 156 Å². The van der Waals surface area contributed by atoms with Gasteiger partial charge >= 0.3 is 77.6 Å². The van der Waals surface area contributed by atoms with Gasteiger partial charge < -0.3 is 143 Å². The number of hydrogen-bond donors (Lipinski definition) is 16. The van der Waals surface area contributed by atoms with Crippen LogP contribution in [-0.2, 0) is 124 Å². The molecule has 16 N–H and O–H groups in total. The van der Waals surface area contributed by atoms with E-state index in [-0.39, 0.29) is 0 Å². The number of ether oxygens (including phenoxy) is 13. The van der Waals surface area contributed by atoms with Crippen molar-refractivity contribution in [2.75, 3.05) is 192 Å². The standard InChI is InChI=1S/C71H118O42/c1-15-71(42-111-55(98)68(12,31-87)37-106-51(94)64(8,27-83)33-102-46(89)59(3,18-74)19-75,43-112-56(99)69(13,38-107-49(92)62(6,24-80)25-81)39-108-52(95)65(9,28-84)34-103-47(90)60(4,20-76)21-77)44-113-57(100)70(14,40-109-53(96)66(10,29-85)35-104-48(91)61(5,22-78)23-79)41-110-54(97)67(11,30-86)36-105-50(93)63(7,26-82)32-101-45(88)58(2,16-72)17-73/h72-87H,15-44H2,1-14H3. The van der Waals surface area contributed by atoms with Gasteiger partial charge in [0.05, 0.1) is 111 Å². The summed E-state index contributed by atoms with van der Waals surface area (Å²) in [7, 11) is 0. The lowest BCUT2D eigenvalue weighted by Gasteiger charge is -2.36. The largest absolute Gasteiger partial charge is 0.464 e.